The topological polar surface area (TPSA) is 341 Å². The zero-order valence-electron chi connectivity index (χ0n) is 67.6. The number of ketones is 8. The number of fused-ring (bicyclic) bond motifs is 8. The van der Waals surface area contributed by atoms with E-state index in [9.17, 15) is 67.6 Å². The van der Waals surface area contributed by atoms with E-state index >= 15 is 0 Å². The first-order valence-electron chi connectivity index (χ1n) is 40.9. The minimum atomic E-state index is -0.545. The first-order valence-corrected chi connectivity index (χ1v) is 45.3. The van der Waals surface area contributed by atoms with E-state index < -0.39 is 73.6 Å². The molecule has 0 unspecified atom stereocenters. The van der Waals surface area contributed by atoms with E-state index in [0.717, 1.165) is 5.69 Å². The smallest absolute Gasteiger partial charge is 0.276 e. The zero-order chi connectivity index (χ0) is 87.5. The average Bonchev–Trinajstić information content (AvgIpc) is 0.972. The Hall–Kier alpha value is -12.7. The third-order valence-corrected chi connectivity index (χ3v) is 30.0. The van der Waals surface area contributed by atoms with Crippen LogP contribution in [0.4, 0.5) is 5.69 Å². The van der Waals surface area contributed by atoms with Crippen molar-refractivity contribution in [2.75, 3.05) is 75.4 Å². The second-order valence-electron chi connectivity index (χ2n) is 32.2. The van der Waals surface area contributed by atoms with E-state index in [1.165, 1.54) is 70.0 Å². The molecular formula is C94H76ClN9O18S4. The lowest BCUT2D eigenvalue weighted by molar-refractivity contribution is -0.384. The number of nitrogens with zero attached hydrogens (tertiary/aromatic N) is 9. The summed E-state index contributed by atoms with van der Waals surface area (Å²) < 4.78 is 25.8. The van der Waals surface area contributed by atoms with Crippen LogP contribution in [0.15, 0.2) is 220 Å². The van der Waals surface area contributed by atoms with Gasteiger partial charge in [0.1, 0.15) is 65.1 Å². The summed E-state index contributed by atoms with van der Waals surface area (Å²) in [5.41, 5.74) is 5.37. The van der Waals surface area contributed by atoms with E-state index in [1.54, 1.807) is 126 Å². The predicted octanol–water partition coefficient (Wildman–Crippen LogP) is 14.1. The van der Waals surface area contributed by atoms with Gasteiger partial charge in [-0.15, -0.1) is 52.1 Å². The Morgan fingerprint density at radius 2 is 0.675 bits per heavy atom. The van der Waals surface area contributed by atoms with Gasteiger partial charge in [0.05, 0.1) is 16.3 Å². The average molecular weight is 1780 g/mol. The van der Waals surface area contributed by atoms with Crippen molar-refractivity contribution in [1.82, 2.24) is 39.6 Å². The number of nitro benzene ring substituents is 1. The van der Waals surface area contributed by atoms with Crippen molar-refractivity contribution < 1.29 is 81.4 Å². The van der Waals surface area contributed by atoms with Crippen LogP contribution in [0, 0.1) is 17.0 Å². The summed E-state index contributed by atoms with van der Waals surface area (Å²) in [7, 11) is 0. The van der Waals surface area contributed by atoms with Gasteiger partial charge >= 0.3 is 0 Å². The Bertz CT molecular complexity index is 6290. The molecule has 8 aliphatic heterocycles. The van der Waals surface area contributed by atoms with Crippen molar-refractivity contribution in [2.24, 2.45) is 0 Å². The van der Waals surface area contributed by atoms with Crippen molar-refractivity contribution in [3.05, 3.63) is 308 Å². The summed E-state index contributed by atoms with van der Waals surface area (Å²) in [5.74, 6) is -0.103. The van der Waals surface area contributed by atoms with Gasteiger partial charge in [-0.05, 0) is 55.5 Å². The summed E-state index contributed by atoms with van der Waals surface area (Å²) in [6, 6.07) is 53.9. The highest BCUT2D eigenvalue weighted by Crippen LogP contribution is 2.53. The normalized spacial score (nSPS) is 19.5. The molecule has 32 heteroatoms. The third kappa shape index (κ3) is 16.0. The number of hydrogen-bond acceptors (Lipinski definition) is 25. The van der Waals surface area contributed by atoms with Gasteiger partial charge in [-0.3, -0.25) is 72.6 Å². The van der Waals surface area contributed by atoms with Gasteiger partial charge in [0, 0.05) is 217 Å². The molecule has 12 aliphatic rings. The molecule has 4 spiro atoms. The number of hydrogen-bond donors (Lipinski definition) is 0. The first kappa shape index (κ1) is 84.2. The van der Waals surface area contributed by atoms with E-state index in [4.69, 9.17) is 30.5 Å². The Labute approximate surface area is 742 Å². The standard InChI is InChI=1S/C26H22N4O4S.C23H18ClNO4S.C23H18N2O6S.C22H18N2O4S/c1-16-20(28-30(27-16)17-7-3-2-4-8-17)25(33)29-13-11-26(12-14-29)15-35-24-22(32)21(31)18-9-5-6-10-19(18)23(24)34-26;24-15-5-3-4-14(12-15)22(28)25-10-8-23(9-11-25)13-30-21-19(27)18(26)16-6-1-2-7-17(16)20(21)29-23;26-18-16-6-1-2-7-17(16)20-21(19(18)27)32-13-23(31-20)8-10-24(11-9-23)22(28)14-4-3-5-15(12-14)25(29)30;25-17-15-3-1-2-4-16(15)19-20(18(17)26)29-13-22(28-19)7-11-24(12-8-22)21(27)14-5-9-23-10-6-14/h2-10H,11-15H2,1H3;1-7,12H,8-11,13H2;1-7,12H,8-11,13H2;1-6,9-10H,7-8,11-13H2. The third-order valence-electron chi connectivity index (χ3n) is 24.5. The van der Waals surface area contributed by atoms with Crippen LogP contribution in [-0.2, 0) is 38.1 Å². The molecule has 21 rings (SSSR count). The number of amides is 4. The van der Waals surface area contributed by atoms with Crippen LogP contribution in [0.2, 0.25) is 5.02 Å². The number of likely N-dealkylation sites (tertiary alicyclic amines) is 4. The molecule has 10 heterocycles. The Kier molecular flexibility index (Phi) is 22.9. The SMILES string of the molecule is Cc1nn(-c2ccccc2)nc1C(=O)N1CCC2(CC1)CSC1=C(O2)c2ccccc2C(=O)C1=O.O=C1C(=O)c2ccccc2C2=C1SCC1(CCN(C(=O)c3cccc(Cl)c3)CC1)O2.O=C1C(=O)c2ccccc2C2=C1SCC1(CCN(C(=O)c3cccc([N+](=O)[O-])c3)CC1)O2.O=C1C(=O)c2ccccc2C2=C1SCC1(CCN(C(=O)c3ccncc3)CC1)O2. The van der Waals surface area contributed by atoms with Gasteiger partial charge in [0.25, 0.3) is 29.3 Å². The van der Waals surface area contributed by atoms with Crippen molar-refractivity contribution in [2.45, 2.75) is 80.7 Å². The molecule has 4 saturated heterocycles. The molecule has 0 N–H and O–H groups in total. The highest BCUT2D eigenvalue weighted by atomic mass is 35.5. The number of nitro groups is 1. The van der Waals surface area contributed by atoms with Gasteiger partial charge in [-0.1, -0.05) is 139 Å². The maximum atomic E-state index is 13.3. The second-order valence-corrected chi connectivity index (χ2v) is 36.6. The number of aryl methyl sites for hydroxylation is 1. The fourth-order valence-corrected chi connectivity index (χ4v) is 22.6. The number of piperidine rings is 4. The molecule has 9 aromatic rings. The maximum absolute atomic E-state index is 13.3. The van der Waals surface area contributed by atoms with E-state index in [-0.39, 0.29) is 34.9 Å². The van der Waals surface area contributed by atoms with Crippen molar-refractivity contribution >= 4 is 157 Å². The number of pyridine rings is 1. The maximum Gasteiger partial charge on any atom is 0.276 e. The van der Waals surface area contributed by atoms with E-state index in [2.05, 4.69) is 15.2 Å². The molecule has 4 amide bonds. The van der Waals surface area contributed by atoms with Crippen LogP contribution in [0.25, 0.3) is 28.7 Å². The number of allylic oxidation sites excluding steroid dienone is 4. The van der Waals surface area contributed by atoms with Gasteiger partial charge in [-0.2, -0.15) is 9.90 Å². The molecule has 0 saturated carbocycles. The largest absolute Gasteiger partial charge is 0.484 e. The summed E-state index contributed by atoms with van der Waals surface area (Å²) >= 11 is 11.6. The summed E-state index contributed by atoms with van der Waals surface area (Å²) in [5, 5.41) is 20.4. The fourth-order valence-electron chi connectivity index (χ4n) is 17.3. The monoisotopic (exact) mass is 1780 g/mol. The summed E-state index contributed by atoms with van der Waals surface area (Å²) in [6.45, 7) is 5.95. The number of thioether (sulfide) groups is 4. The molecular weight excluding hydrogens is 1710 g/mol. The minimum Gasteiger partial charge on any atom is -0.484 e. The molecule has 0 bridgehead atoms. The molecule has 4 aliphatic carbocycles. The van der Waals surface area contributed by atoms with Crippen molar-refractivity contribution in [3.8, 4) is 5.69 Å². The lowest BCUT2D eigenvalue weighted by atomic mass is 9.89. The second kappa shape index (κ2) is 34.3. The molecule has 0 radical (unpaired) electrons. The number of benzene rings is 7. The van der Waals surface area contributed by atoms with E-state index in [0.29, 0.717) is 241 Å². The fraction of sp³-hybridized carbons (Fsp3) is 0.266. The Balaban J connectivity index is 0.000000114. The van der Waals surface area contributed by atoms with Crippen molar-refractivity contribution in [3.63, 3.8) is 0 Å². The predicted molar refractivity (Wildman–Crippen MR) is 471 cm³/mol. The first-order chi connectivity index (χ1) is 60.9. The van der Waals surface area contributed by atoms with Crippen LogP contribution >= 0.6 is 58.6 Å². The molecule has 636 valence electrons. The Morgan fingerprint density at radius 1 is 0.365 bits per heavy atom. The lowest BCUT2D eigenvalue weighted by Gasteiger charge is -2.45. The van der Waals surface area contributed by atoms with Crippen molar-refractivity contribution in [1.29, 1.82) is 0 Å². The molecule has 2 aromatic heterocycles. The number of non-ortho nitro benzene ring substituents is 1. The molecule has 27 nitrogen and oxygen atoms in total. The number of halogens is 1. The number of ether oxygens (including phenoxy) is 4. The van der Waals surface area contributed by atoms with Gasteiger partial charge in [0.15, 0.2) is 5.69 Å². The lowest BCUT2D eigenvalue weighted by Crippen LogP contribution is -2.51. The van der Waals surface area contributed by atoms with Crippen LogP contribution in [0.1, 0.15) is 162 Å². The number of para-hydroxylation sites is 1. The molecule has 7 aromatic carbocycles. The van der Waals surface area contributed by atoms with Crippen LogP contribution in [0.3, 0.4) is 0 Å². The number of rotatable bonds is 6. The minimum absolute atomic E-state index is 0.00518. The van der Waals surface area contributed by atoms with E-state index in [1.807, 2.05) is 82.6 Å². The van der Waals surface area contributed by atoms with Gasteiger partial charge < -0.3 is 38.5 Å². The van der Waals surface area contributed by atoms with Crippen LogP contribution in [-0.4, -0.2) is 212 Å². The van der Waals surface area contributed by atoms with Gasteiger partial charge in [-0.25, -0.2) is 0 Å². The summed E-state index contributed by atoms with van der Waals surface area (Å²) in [6.07, 6.45) is 8.27. The van der Waals surface area contributed by atoms with Crippen LogP contribution < -0.4 is 0 Å². The number of carbonyl (C=O) groups excluding carboxylic acids is 12. The highest BCUT2D eigenvalue weighted by molar-refractivity contribution is 8.05. The number of carbonyl (C=O) groups is 12. The van der Waals surface area contributed by atoms with Gasteiger partial charge in [0.2, 0.25) is 46.3 Å². The zero-order valence-corrected chi connectivity index (χ0v) is 71.6. The summed E-state index contributed by atoms with van der Waals surface area (Å²) in [4.78, 5) is 176. The molecule has 0 atom stereocenters. The quantitative estimate of drug-likeness (QED) is 0.0847. The number of Topliss-reactive ketones (excluding diaryl/α,β-unsaturated/α-hetero) is 8. The molecule has 4 fully saturated rings. The molecule has 126 heavy (non-hydrogen) atoms. The highest BCUT2D eigenvalue weighted by Gasteiger charge is 2.52. The Morgan fingerprint density at radius 3 is 1.02 bits per heavy atom. The van der Waals surface area contributed by atoms with Crippen LogP contribution in [0.5, 0.6) is 0 Å². The number of aromatic nitrogens is 4.